The van der Waals surface area contributed by atoms with Gasteiger partial charge < -0.3 is 15.7 Å². The smallest absolute Gasteiger partial charge is 0.251 e. The van der Waals surface area contributed by atoms with Crippen molar-refractivity contribution in [2.24, 2.45) is 5.92 Å². The fourth-order valence-corrected chi connectivity index (χ4v) is 1.90. The van der Waals surface area contributed by atoms with Gasteiger partial charge in [0.15, 0.2) is 0 Å². The van der Waals surface area contributed by atoms with E-state index in [1.165, 1.54) is 0 Å². The van der Waals surface area contributed by atoms with Crippen LogP contribution in [0.1, 0.15) is 28.8 Å². The predicted molar refractivity (Wildman–Crippen MR) is 75.3 cm³/mol. The van der Waals surface area contributed by atoms with Crippen molar-refractivity contribution in [2.45, 2.75) is 25.9 Å². The number of hydrogen-bond donors (Lipinski definition) is 3. The molecule has 0 radical (unpaired) electrons. The van der Waals surface area contributed by atoms with Crippen LogP contribution in [0.5, 0.6) is 0 Å². The molecule has 5 heteroatoms. The zero-order valence-electron chi connectivity index (χ0n) is 11.6. The van der Waals surface area contributed by atoms with Crippen molar-refractivity contribution in [2.75, 3.05) is 13.1 Å². The van der Waals surface area contributed by atoms with Crippen molar-refractivity contribution >= 4 is 11.8 Å². The van der Waals surface area contributed by atoms with Gasteiger partial charge in [-0.3, -0.25) is 9.59 Å². The van der Waals surface area contributed by atoms with E-state index in [0.29, 0.717) is 11.5 Å². The van der Waals surface area contributed by atoms with Gasteiger partial charge in [0.2, 0.25) is 5.91 Å². The number of rotatable bonds is 6. The zero-order valence-corrected chi connectivity index (χ0v) is 11.6. The van der Waals surface area contributed by atoms with E-state index < -0.39 is 6.10 Å². The lowest BCUT2D eigenvalue weighted by Gasteiger charge is -2.11. The van der Waals surface area contributed by atoms with Crippen LogP contribution >= 0.6 is 0 Å². The van der Waals surface area contributed by atoms with E-state index in [-0.39, 0.29) is 24.9 Å². The van der Waals surface area contributed by atoms with Gasteiger partial charge in [-0.15, -0.1) is 0 Å². The molecule has 1 fully saturated rings. The van der Waals surface area contributed by atoms with Gasteiger partial charge in [0.25, 0.3) is 5.91 Å². The topological polar surface area (TPSA) is 78.4 Å². The normalized spacial score (nSPS) is 15.5. The first-order valence-electron chi connectivity index (χ1n) is 6.86. The summed E-state index contributed by atoms with van der Waals surface area (Å²) in [6.45, 7) is 2.12. The first-order chi connectivity index (χ1) is 9.56. The van der Waals surface area contributed by atoms with E-state index in [1.807, 2.05) is 19.1 Å². The molecule has 1 unspecified atom stereocenters. The molecular formula is C15H20N2O3. The summed E-state index contributed by atoms with van der Waals surface area (Å²) in [6.07, 6.45) is 1.59. The summed E-state index contributed by atoms with van der Waals surface area (Å²) in [4.78, 5) is 23.3. The summed E-state index contributed by atoms with van der Waals surface area (Å²) >= 11 is 0. The van der Waals surface area contributed by atoms with Crippen molar-refractivity contribution in [1.82, 2.24) is 10.6 Å². The maximum absolute atomic E-state index is 11.8. The molecule has 0 heterocycles. The van der Waals surface area contributed by atoms with Crippen LogP contribution in [-0.4, -0.2) is 36.1 Å². The van der Waals surface area contributed by atoms with Crippen LogP contribution in [0.3, 0.4) is 0 Å². The van der Waals surface area contributed by atoms with Crippen LogP contribution in [0.25, 0.3) is 0 Å². The maximum atomic E-state index is 11.8. The minimum absolute atomic E-state index is 0.0793. The first kappa shape index (κ1) is 14.5. The monoisotopic (exact) mass is 276 g/mol. The number of benzene rings is 1. The van der Waals surface area contributed by atoms with Crippen LogP contribution < -0.4 is 10.6 Å². The summed E-state index contributed by atoms with van der Waals surface area (Å²) in [7, 11) is 0. The quantitative estimate of drug-likeness (QED) is 0.712. The van der Waals surface area contributed by atoms with Gasteiger partial charge in [0, 0.05) is 12.1 Å². The molecule has 108 valence electrons. The molecule has 0 spiro atoms. The van der Waals surface area contributed by atoms with Crippen molar-refractivity contribution in [3.63, 3.8) is 0 Å². The van der Waals surface area contributed by atoms with Gasteiger partial charge in [-0.25, -0.2) is 0 Å². The first-order valence-corrected chi connectivity index (χ1v) is 6.86. The molecule has 1 saturated carbocycles. The number of hydrogen-bond acceptors (Lipinski definition) is 3. The molecule has 1 aromatic carbocycles. The van der Waals surface area contributed by atoms with Crippen LogP contribution in [0, 0.1) is 12.8 Å². The Bertz CT molecular complexity index is 480. The van der Waals surface area contributed by atoms with Gasteiger partial charge in [0.1, 0.15) is 0 Å². The maximum Gasteiger partial charge on any atom is 0.251 e. The minimum atomic E-state index is -0.466. The van der Waals surface area contributed by atoms with E-state index in [1.54, 1.807) is 12.1 Å². The fourth-order valence-electron chi connectivity index (χ4n) is 1.90. The highest BCUT2D eigenvalue weighted by Crippen LogP contribution is 2.32. The average Bonchev–Trinajstić information content (AvgIpc) is 3.27. The molecule has 0 saturated heterocycles. The van der Waals surface area contributed by atoms with Crippen LogP contribution in [0.2, 0.25) is 0 Å². The molecule has 2 rings (SSSR count). The molecule has 1 aliphatic rings. The molecule has 20 heavy (non-hydrogen) atoms. The number of nitrogens with one attached hydrogen (secondary N) is 2. The summed E-state index contributed by atoms with van der Waals surface area (Å²) in [6, 6.07) is 7.14. The van der Waals surface area contributed by atoms with E-state index in [4.69, 9.17) is 0 Å². The third-order valence-electron chi connectivity index (χ3n) is 3.40. The van der Waals surface area contributed by atoms with Gasteiger partial charge in [-0.2, -0.15) is 0 Å². The number of amides is 2. The van der Waals surface area contributed by atoms with Crippen LogP contribution in [0.4, 0.5) is 0 Å². The highest BCUT2D eigenvalue weighted by Gasteiger charge is 2.29. The standard InChI is InChI=1S/C15H20N2O3/c1-10-2-4-12(5-3-10)15(20)17-9-14(19)16-8-13(18)11-6-7-11/h2-5,11,13,18H,6-9H2,1H3,(H,16,19)(H,17,20). The fraction of sp³-hybridized carbons (Fsp3) is 0.467. The second-order valence-electron chi connectivity index (χ2n) is 5.26. The van der Waals surface area contributed by atoms with Crippen molar-refractivity contribution in [3.05, 3.63) is 35.4 Å². The highest BCUT2D eigenvalue weighted by atomic mass is 16.3. The Morgan fingerprint density at radius 2 is 1.90 bits per heavy atom. The number of aryl methyl sites for hydroxylation is 1. The van der Waals surface area contributed by atoms with E-state index in [0.717, 1.165) is 18.4 Å². The second-order valence-corrected chi connectivity index (χ2v) is 5.26. The lowest BCUT2D eigenvalue weighted by atomic mass is 10.1. The molecule has 2 amide bonds. The number of carbonyl (C=O) groups is 2. The molecule has 3 N–H and O–H groups in total. The molecular weight excluding hydrogens is 256 g/mol. The molecule has 1 atom stereocenters. The number of carbonyl (C=O) groups excluding carboxylic acids is 2. The predicted octanol–water partition coefficient (Wildman–Crippen LogP) is 0.612. The largest absolute Gasteiger partial charge is 0.391 e. The Morgan fingerprint density at radius 3 is 2.50 bits per heavy atom. The Hall–Kier alpha value is -1.88. The third kappa shape index (κ3) is 4.35. The average molecular weight is 276 g/mol. The van der Waals surface area contributed by atoms with Crippen LogP contribution in [0.15, 0.2) is 24.3 Å². The Balaban J connectivity index is 1.69. The molecule has 0 aromatic heterocycles. The summed E-state index contributed by atoms with van der Waals surface area (Å²) in [5, 5.41) is 14.8. The highest BCUT2D eigenvalue weighted by molar-refractivity contribution is 5.96. The summed E-state index contributed by atoms with van der Waals surface area (Å²) in [5.74, 6) is -0.231. The van der Waals surface area contributed by atoms with Crippen molar-refractivity contribution in [3.8, 4) is 0 Å². The SMILES string of the molecule is Cc1ccc(C(=O)NCC(=O)NCC(O)C2CC2)cc1. The van der Waals surface area contributed by atoms with E-state index in [9.17, 15) is 14.7 Å². The van der Waals surface area contributed by atoms with Gasteiger partial charge in [-0.05, 0) is 37.8 Å². The number of aliphatic hydroxyl groups excluding tert-OH is 1. The molecule has 1 aromatic rings. The molecule has 1 aliphatic carbocycles. The molecule has 0 aliphatic heterocycles. The summed E-state index contributed by atoms with van der Waals surface area (Å²) in [5.41, 5.74) is 1.61. The molecule has 5 nitrogen and oxygen atoms in total. The lowest BCUT2D eigenvalue weighted by molar-refractivity contribution is -0.120. The Morgan fingerprint density at radius 1 is 1.25 bits per heavy atom. The summed E-state index contributed by atoms with van der Waals surface area (Å²) < 4.78 is 0. The van der Waals surface area contributed by atoms with Gasteiger partial charge >= 0.3 is 0 Å². The van der Waals surface area contributed by atoms with Gasteiger partial charge in [-0.1, -0.05) is 17.7 Å². The van der Waals surface area contributed by atoms with Crippen LogP contribution in [-0.2, 0) is 4.79 Å². The Kier molecular flexibility index (Phi) is 4.74. The van der Waals surface area contributed by atoms with Gasteiger partial charge in [0.05, 0.1) is 12.6 Å². The van der Waals surface area contributed by atoms with Crippen molar-refractivity contribution < 1.29 is 14.7 Å². The minimum Gasteiger partial charge on any atom is -0.391 e. The van der Waals surface area contributed by atoms with E-state index in [2.05, 4.69) is 10.6 Å². The number of aliphatic hydroxyl groups is 1. The van der Waals surface area contributed by atoms with E-state index >= 15 is 0 Å². The zero-order chi connectivity index (χ0) is 14.5. The Labute approximate surface area is 118 Å². The molecule has 0 bridgehead atoms. The van der Waals surface area contributed by atoms with Crippen molar-refractivity contribution in [1.29, 1.82) is 0 Å². The second kappa shape index (κ2) is 6.52. The lowest BCUT2D eigenvalue weighted by Crippen LogP contribution is -2.40. The third-order valence-corrected chi connectivity index (χ3v) is 3.40.